The van der Waals surface area contributed by atoms with E-state index in [0.717, 1.165) is 16.7 Å². The summed E-state index contributed by atoms with van der Waals surface area (Å²) in [6.07, 6.45) is 1.71. The molecule has 0 radical (unpaired) electrons. The number of anilines is 1. The summed E-state index contributed by atoms with van der Waals surface area (Å²) in [5.74, 6) is 1.97. The van der Waals surface area contributed by atoms with E-state index in [-0.39, 0.29) is 0 Å². The Balaban J connectivity index is 1.83. The first-order valence-electron chi connectivity index (χ1n) is 6.40. The lowest BCUT2D eigenvalue weighted by atomic mass is 10.3. The summed E-state index contributed by atoms with van der Waals surface area (Å²) >= 11 is 0. The van der Waals surface area contributed by atoms with E-state index in [1.807, 2.05) is 12.1 Å². The maximum Gasteiger partial charge on any atom is 0.201 e. The Bertz CT molecular complexity index is 722. The van der Waals surface area contributed by atoms with E-state index in [9.17, 15) is 0 Å². The normalized spacial score (nSPS) is 10.8. The van der Waals surface area contributed by atoms with Gasteiger partial charge in [0.15, 0.2) is 11.5 Å². The van der Waals surface area contributed by atoms with Gasteiger partial charge in [-0.1, -0.05) is 0 Å². The number of rotatable bonds is 5. The summed E-state index contributed by atoms with van der Waals surface area (Å²) in [5, 5.41) is 11.4. The molecule has 8 heteroatoms. The van der Waals surface area contributed by atoms with Gasteiger partial charge >= 0.3 is 0 Å². The molecule has 3 rings (SSSR count). The zero-order valence-electron chi connectivity index (χ0n) is 12.0. The first-order chi connectivity index (χ1) is 10.2. The highest BCUT2D eigenvalue weighted by atomic mass is 16.5. The van der Waals surface area contributed by atoms with Crippen molar-refractivity contribution in [3.8, 4) is 11.5 Å². The SMILES string of the molecule is COc1cc2nc(NCc3cnn(C)n3)[nH]c2cc1OC. The minimum Gasteiger partial charge on any atom is -0.493 e. The fourth-order valence-corrected chi connectivity index (χ4v) is 2.06. The van der Waals surface area contributed by atoms with Crippen molar-refractivity contribution < 1.29 is 9.47 Å². The smallest absolute Gasteiger partial charge is 0.201 e. The molecule has 0 amide bonds. The molecule has 2 N–H and O–H groups in total. The van der Waals surface area contributed by atoms with Crippen LogP contribution >= 0.6 is 0 Å². The molecule has 0 unspecified atom stereocenters. The Morgan fingerprint density at radius 1 is 1.24 bits per heavy atom. The van der Waals surface area contributed by atoms with Gasteiger partial charge in [-0.3, -0.25) is 0 Å². The van der Waals surface area contributed by atoms with Crippen LogP contribution in [0.1, 0.15) is 5.69 Å². The summed E-state index contributed by atoms with van der Waals surface area (Å²) in [6, 6.07) is 3.69. The zero-order valence-corrected chi connectivity index (χ0v) is 12.0. The predicted octanol–water partition coefficient (Wildman–Crippen LogP) is 1.32. The Morgan fingerprint density at radius 3 is 2.67 bits per heavy atom. The summed E-state index contributed by atoms with van der Waals surface area (Å²) < 4.78 is 10.5. The number of aryl methyl sites for hydroxylation is 1. The van der Waals surface area contributed by atoms with Crippen LogP contribution < -0.4 is 14.8 Å². The van der Waals surface area contributed by atoms with Crippen LogP contribution in [0.3, 0.4) is 0 Å². The molecule has 2 heterocycles. The van der Waals surface area contributed by atoms with E-state index in [1.54, 1.807) is 27.5 Å². The molecule has 1 aromatic carbocycles. The number of methoxy groups -OCH3 is 2. The molecule has 0 bridgehead atoms. The van der Waals surface area contributed by atoms with E-state index in [0.29, 0.717) is 24.0 Å². The van der Waals surface area contributed by atoms with Gasteiger partial charge in [-0.15, -0.1) is 0 Å². The Labute approximate surface area is 121 Å². The van der Waals surface area contributed by atoms with Crippen molar-refractivity contribution in [3.05, 3.63) is 24.0 Å². The Kier molecular flexibility index (Phi) is 3.35. The van der Waals surface area contributed by atoms with Crippen LogP contribution in [-0.2, 0) is 13.6 Å². The molecule has 2 aromatic heterocycles. The molecule has 0 saturated carbocycles. The molecule has 0 aliphatic rings. The summed E-state index contributed by atoms with van der Waals surface area (Å²) in [5.41, 5.74) is 2.51. The second-order valence-corrected chi connectivity index (χ2v) is 4.49. The van der Waals surface area contributed by atoms with Crippen molar-refractivity contribution >= 4 is 17.0 Å². The minimum atomic E-state index is 0.544. The van der Waals surface area contributed by atoms with Crippen molar-refractivity contribution in [1.82, 2.24) is 25.0 Å². The van der Waals surface area contributed by atoms with Crippen LogP contribution in [0.2, 0.25) is 0 Å². The largest absolute Gasteiger partial charge is 0.493 e. The number of ether oxygens (including phenoxy) is 2. The molecule has 0 saturated heterocycles. The Morgan fingerprint density at radius 2 is 2.00 bits per heavy atom. The molecule has 0 spiro atoms. The van der Waals surface area contributed by atoms with E-state index in [2.05, 4.69) is 25.5 Å². The van der Waals surface area contributed by atoms with Crippen LogP contribution in [0.4, 0.5) is 5.95 Å². The summed E-state index contributed by atoms with van der Waals surface area (Å²) in [4.78, 5) is 9.17. The highest BCUT2D eigenvalue weighted by Crippen LogP contribution is 2.31. The van der Waals surface area contributed by atoms with Crippen LogP contribution in [-0.4, -0.2) is 39.2 Å². The van der Waals surface area contributed by atoms with Gasteiger partial charge in [0.05, 0.1) is 38.0 Å². The van der Waals surface area contributed by atoms with Gasteiger partial charge in [0.1, 0.15) is 5.69 Å². The molecule has 0 aliphatic carbocycles. The number of hydrogen-bond donors (Lipinski definition) is 2. The molecule has 110 valence electrons. The quantitative estimate of drug-likeness (QED) is 0.736. The summed E-state index contributed by atoms with van der Waals surface area (Å²) in [6.45, 7) is 0.544. The second-order valence-electron chi connectivity index (χ2n) is 4.49. The van der Waals surface area contributed by atoms with Crippen molar-refractivity contribution in [2.45, 2.75) is 6.54 Å². The molecular formula is C13H16N6O2. The lowest BCUT2D eigenvalue weighted by Gasteiger charge is -2.06. The monoisotopic (exact) mass is 288 g/mol. The second kappa shape index (κ2) is 5.31. The maximum atomic E-state index is 5.27. The average molecular weight is 288 g/mol. The number of H-pyrrole nitrogens is 1. The van der Waals surface area contributed by atoms with Crippen molar-refractivity contribution in [3.63, 3.8) is 0 Å². The Hall–Kier alpha value is -2.77. The van der Waals surface area contributed by atoms with Crippen LogP contribution in [0, 0.1) is 0 Å². The molecule has 21 heavy (non-hydrogen) atoms. The number of hydrogen-bond acceptors (Lipinski definition) is 6. The molecule has 3 aromatic rings. The van der Waals surface area contributed by atoms with Crippen LogP contribution in [0.15, 0.2) is 18.3 Å². The fraction of sp³-hybridized carbons (Fsp3) is 0.308. The zero-order chi connectivity index (χ0) is 14.8. The van der Waals surface area contributed by atoms with Gasteiger partial charge in [0.25, 0.3) is 0 Å². The topological polar surface area (TPSA) is 89.9 Å². The molecule has 0 aliphatic heterocycles. The van der Waals surface area contributed by atoms with Crippen LogP contribution in [0.25, 0.3) is 11.0 Å². The number of fused-ring (bicyclic) bond motifs is 1. The lowest BCUT2D eigenvalue weighted by molar-refractivity contribution is 0.356. The maximum absolute atomic E-state index is 5.27. The van der Waals surface area contributed by atoms with E-state index in [1.165, 1.54) is 4.80 Å². The standard InChI is InChI=1S/C13H16N6O2/c1-19-15-7-8(18-19)6-14-13-16-9-4-11(20-2)12(21-3)5-10(9)17-13/h4-5,7H,6H2,1-3H3,(H2,14,16,17). The van der Waals surface area contributed by atoms with Gasteiger partial charge < -0.3 is 19.8 Å². The van der Waals surface area contributed by atoms with Crippen molar-refractivity contribution in [2.24, 2.45) is 7.05 Å². The van der Waals surface area contributed by atoms with Gasteiger partial charge in [-0.2, -0.15) is 15.0 Å². The number of benzene rings is 1. The predicted molar refractivity (Wildman–Crippen MR) is 77.5 cm³/mol. The number of aromatic amines is 1. The van der Waals surface area contributed by atoms with E-state index in [4.69, 9.17) is 9.47 Å². The van der Waals surface area contributed by atoms with Crippen molar-refractivity contribution in [2.75, 3.05) is 19.5 Å². The fourth-order valence-electron chi connectivity index (χ4n) is 2.06. The third-order valence-corrected chi connectivity index (χ3v) is 3.07. The summed E-state index contributed by atoms with van der Waals surface area (Å²) in [7, 11) is 4.99. The number of nitrogens with zero attached hydrogens (tertiary/aromatic N) is 4. The number of nitrogens with one attached hydrogen (secondary N) is 2. The number of aromatic nitrogens is 5. The molecule has 0 fully saturated rings. The first kappa shape index (κ1) is 13.2. The highest BCUT2D eigenvalue weighted by Gasteiger charge is 2.10. The highest BCUT2D eigenvalue weighted by molar-refractivity contribution is 5.81. The van der Waals surface area contributed by atoms with Gasteiger partial charge in [-0.25, -0.2) is 4.98 Å². The van der Waals surface area contributed by atoms with Gasteiger partial charge in [-0.05, 0) is 0 Å². The molecule has 0 atom stereocenters. The molecule has 8 nitrogen and oxygen atoms in total. The van der Waals surface area contributed by atoms with E-state index >= 15 is 0 Å². The first-order valence-corrected chi connectivity index (χ1v) is 6.40. The average Bonchev–Trinajstić information content (AvgIpc) is 3.08. The third kappa shape index (κ3) is 2.60. The lowest BCUT2D eigenvalue weighted by Crippen LogP contribution is -2.02. The number of imidazole rings is 1. The van der Waals surface area contributed by atoms with Gasteiger partial charge in [0, 0.05) is 19.2 Å². The third-order valence-electron chi connectivity index (χ3n) is 3.07. The van der Waals surface area contributed by atoms with E-state index < -0.39 is 0 Å². The minimum absolute atomic E-state index is 0.544. The van der Waals surface area contributed by atoms with Crippen LogP contribution in [0.5, 0.6) is 11.5 Å². The van der Waals surface area contributed by atoms with Crippen molar-refractivity contribution in [1.29, 1.82) is 0 Å². The molecular weight excluding hydrogens is 272 g/mol. The van der Waals surface area contributed by atoms with Gasteiger partial charge in [0.2, 0.25) is 5.95 Å².